The summed E-state index contributed by atoms with van der Waals surface area (Å²) in [5, 5.41) is 30.1. The van der Waals surface area contributed by atoms with Crippen molar-refractivity contribution in [3.05, 3.63) is 52.6 Å². The molecular formula is C23H24N6O4S. The summed E-state index contributed by atoms with van der Waals surface area (Å²) >= 11 is 1.04. The first-order valence-corrected chi connectivity index (χ1v) is 11.4. The van der Waals surface area contributed by atoms with Crippen molar-refractivity contribution < 1.29 is 19.4 Å². The van der Waals surface area contributed by atoms with Crippen molar-refractivity contribution >= 4 is 29.6 Å². The Hall–Kier alpha value is -3.80. The molecule has 2 amide bonds. The lowest BCUT2D eigenvalue weighted by Gasteiger charge is -2.25. The number of thioether (sulfide) groups is 1. The number of carbonyl (C=O) groups excluding carboxylic acids is 2. The number of ether oxygens (including phenoxy) is 1. The van der Waals surface area contributed by atoms with Gasteiger partial charge in [-0.15, -0.1) is 0 Å². The number of β-amino-alcohol motifs (C(OH)–C–C–N with tert-alkyl or cyclic N) is 1. The molecule has 3 rings (SSSR count). The lowest BCUT2D eigenvalue weighted by Crippen LogP contribution is -2.39. The van der Waals surface area contributed by atoms with Crippen LogP contribution in [0.1, 0.15) is 40.8 Å². The molecule has 1 aromatic heterocycles. The molecule has 2 aromatic rings. The van der Waals surface area contributed by atoms with E-state index in [0.29, 0.717) is 24.1 Å². The summed E-state index contributed by atoms with van der Waals surface area (Å²) in [5.74, 6) is -0.308. The third-order valence-electron chi connectivity index (χ3n) is 5.53. The van der Waals surface area contributed by atoms with Crippen LogP contribution in [0.3, 0.4) is 0 Å². The van der Waals surface area contributed by atoms with Gasteiger partial charge in [-0.2, -0.15) is 10.5 Å². The molecule has 1 aliphatic heterocycles. The molecule has 0 aliphatic carbocycles. The number of nitriles is 2. The molecule has 2 atom stereocenters. The number of amides is 2. The molecule has 1 aromatic carbocycles. The van der Waals surface area contributed by atoms with E-state index in [2.05, 4.69) is 17.1 Å². The van der Waals surface area contributed by atoms with Crippen LogP contribution in [0.4, 0.5) is 10.6 Å². The Morgan fingerprint density at radius 3 is 2.50 bits per heavy atom. The Balaban J connectivity index is 2.06. The van der Waals surface area contributed by atoms with Crippen molar-refractivity contribution in [2.24, 2.45) is 11.5 Å². The normalized spacial score (nSPS) is 18.1. The van der Waals surface area contributed by atoms with Crippen molar-refractivity contribution in [2.75, 3.05) is 24.6 Å². The highest BCUT2D eigenvalue weighted by Crippen LogP contribution is 2.40. The highest BCUT2D eigenvalue weighted by Gasteiger charge is 2.39. The monoisotopic (exact) mass is 480 g/mol. The van der Waals surface area contributed by atoms with Gasteiger partial charge in [-0.05, 0) is 24.0 Å². The van der Waals surface area contributed by atoms with Gasteiger partial charge < -0.3 is 26.2 Å². The maximum atomic E-state index is 12.3. The molecule has 10 nitrogen and oxygen atoms in total. The zero-order valence-corrected chi connectivity index (χ0v) is 19.3. The lowest BCUT2D eigenvalue weighted by molar-refractivity contribution is -0.117. The van der Waals surface area contributed by atoms with Crippen LogP contribution in [-0.2, 0) is 16.0 Å². The minimum Gasteiger partial charge on any atom is -0.447 e. The molecule has 2 heterocycles. The third-order valence-corrected chi connectivity index (χ3v) is 6.79. The van der Waals surface area contributed by atoms with Gasteiger partial charge in [0, 0.05) is 6.54 Å². The molecule has 176 valence electrons. The number of nitrogens with zero attached hydrogens (tertiary/aromatic N) is 4. The van der Waals surface area contributed by atoms with Gasteiger partial charge in [0.05, 0.1) is 17.7 Å². The molecule has 1 fully saturated rings. The minimum atomic E-state index is -1.36. The maximum absolute atomic E-state index is 12.3. The summed E-state index contributed by atoms with van der Waals surface area (Å²) in [6.45, 7) is 1.90. The zero-order chi connectivity index (χ0) is 24.9. The fraction of sp³-hybridized carbons (Fsp3) is 0.348. The number of rotatable bonds is 8. The van der Waals surface area contributed by atoms with Gasteiger partial charge in [-0.25, -0.2) is 9.78 Å². The molecular weight excluding hydrogens is 456 g/mol. The number of pyridine rings is 1. The fourth-order valence-corrected chi connectivity index (χ4v) is 4.95. The summed E-state index contributed by atoms with van der Waals surface area (Å²) in [4.78, 5) is 29.6. The van der Waals surface area contributed by atoms with Crippen LogP contribution in [0.15, 0.2) is 35.4 Å². The van der Waals surface area contributed by atoms with E-state index in [0.717, 1.165) is 11.8 Å². The molecule has 0 spiro atoms. The first kappa shape index (κ1) is 24.8. The number of hydrogen-bond donors (Lipinski definition) is 3. The zero-order valence-electron chi connectivity index (χ0n) is 18.5. The predicted octanol–water partition coefficient (Wildman–Crippen LogP) is 1.74. The van der Waals surface area contributed by atoms with Crippen LogP contribution >= 0.6 is 11.8 Å². The van der Waals surface area contributed by atoms with Crippen LogP contribution in [-0.4, -0.2) is 47.4 Å². The van der Waals surface area contributed by atoms with Gasteiger partial charge in [0.1, 0.15) is 40.4 Å². The Morgan fingerprint density at radius 1 is 1.26 bits per heavy atom. The van der Waals surface area contributed by atoms with Gasteiger partial charge in [0.15, 0.2) is 0 Å². The van der Waals surface area contributed by atoms with E-state index in [1.54, 1.807) is 29.2 Å². The molecule has 5 N–H and O–H groups in total. The van der Waals surface area contributed by atoms with Crippen LogP contribution in [0.2, 0.25) is 0 Å². The molecule has 34 heavy (non-hydrogen) atoms. The van der Waals surface area contributed by atoms with E-state index in [-0.39, 0.29) is 41.5 Å². The topological polar surface area (TPSA) is 179 Å². The predicted molar refractivity (Wildman–Crippen MR) is 125 cm³/mol. The summed E-state index contributed by atoms with van der Waals surface area (Å²) in [6.07, 6.45) is -0.360. The molecule has 0 saturated carbocycles. The number of nitrogens with two attached hydrogens (primary N) is 2. The molecule has 2 unspecified atom stereocenters. The van der Waals surface area contributed by atoms with Crippen molar-refractivity contribution in [1.29, 1.82) is 10.5 Å². The largest absolute Gasteiger partial charge is 0.447 e. The van der Waals surface area contributed by atoms with Crippen molar-refractivity contribution in [2.45, 2.75) is 35.6 Å². The number of aromatic nitrogens is 1. The number of primary amides is 2. The standard InChI is InChI=1S/C23H24N6O4S/c1-2-15-16(10-24)20(29-9-8-23(32,12-29)13-33-22(27)31)28-21(17(15)11-25)34-18(19(26)30)14-6-4-3-5-7-14/h3-7,18,32H,2,8-9,12-13H2,1H3,(H2,26,30)(H2,27,31). The summed E-state index contributed by atoms with van der Waals surface area (Å²) in [5.41, 5.74) is 10.9. The molecule has 0 radical (unpaired) electrons. The third kappa shape index (κ3) is 5.22. The van der Waals surface area contributed by atoms with Crippen LogP contribution < -0.4 is 16.4 Å². The van der Waals surface area contributed by atoms with Gasteiger partial charge >= 0.3 is 6.09 Å². The number of aliphatic hydroxyl groups is 1. The van der Waals surface area contributed by atoms with Crippen LogP contribution in [0.5, 0.6) is 0 Å². The lowest BCUT2D eigenvalue weighted by atomic mass is 10.0. The first-order chi connectivity index (χ1) is 16.2. The van der Waals surface area contributed by atoms with Crippen molar-refractivity contribution in [1.82, 2.24) is 4.98 Å². The van der Waals surface area contributed by atoms with E-state index in [4.69, 9.17) is 16.2 Å². The van der Waals surface area contributed by atoms with E-state index < -0.39 is 22.9 Å². The second-order valence-corrected chi connectivity index (χ2v) is 8.95. The SMILES string of the molecule is CCc1c(C#N)c(SC(C(N)=O)c2ccccc2)nc(N2CCC(O)(COC(N)=O)C2)c1C#N. The van der Waals surface area contributed by atoms with E-state index in [1.165, 1.54) is 0 Å². The summed E-state index contributed by atoms with van der Waals surface area (Å²) in [6, 6.07) is 13.2. The van der Waals surface area contributed by atoms with Gasteiger partial charge in [0.25, 0.3) is 0 Å². The number of carbonyl (C=O) groups is 2. The number of benzene rings is 1. The number of anilines is 1. The molecule has 0 bridgehead atoms. The first-order valence-electron chi connectivity index (χ1n) is 10.5. The fourth-order valence-electron chi connectivity index (χ4n) is 3.89. The van der Waals surface area contributed by atoms with E-state index in [1.807, 2.05) is 13.0 Å². The highest BCUT2D eigenvalue weighted by atomic mass is 32.2. The van der Waals surface area contributed by atoms with Gasteiger partial charge in [0.2, 0.25) is 5.91 Å². The summed E-state index contributed by atoms with van der Waals surface area (Å²) < 4.78 is 4.78. The number of hydrogen-bond acceptors (Lipinski definition) is 9. The molecule has 11 heteroatoms. The van der Waals surface area contributed by atoms with Crippen molar-refractivity contribution in [3.63, 3.8) is 0 Å². The Labute approximate surface area is 201 Å². The van der Waals surface area contributed by atoms with E-state index in [9.17, 15) is 25.2 Å². The Kier molecular flexibility index (Phi) is 7.61. The average molecular weight is 481 g/mol. The second kappa shape index (κ2) is 10.4. The van der Waals surface area contributed by atoms with Gasteiger partial charge in [-0.3, -0.25) is 4.79 Å². The molecule has 1 aliphatic rings. The summed E-state index contributed by atoms with van der Waals surface area (Å²) in [7, 11) is 0. The van der Waals surface area contributed by atoms with Crippen molar-refractivity contribution in [3.8, 4) is 12.1 Å². The van der Waals surface area contributed by atoms with Crippen LogP contribution in [0, 0.1) is 22.7 Å². The van der Waals surface area contributed by atoms with E-state index >= 15 is 0 Å². The Bertz CT molecular complexity index is 1180. The average Bonchev–Trinajstić information content (AvgIpc) is 3.22. The minimum absolute atomic E-state index is 0.0407. The second-order valence-electron chi connectivity index (χ2n) is 7.86. The highest BCUT2D eigenvalue weighted by molar-refractivity contribution is 8.00. The smallest absolute Gasteiger partial charge is 0.404 e. The Morgan fingerprint density at radius 2 is 1.94 bits per heavy atom. The quantitative estimate of drug-likeness (QED) is 0.474. The van der Waals surface area contributed by atoms with Gasteiger partial charge in [-0.1, -0.05) is 49.0 Å². The molecule has 1 saturated heterocycles. The maximum Gasteiger partial charge on any atom is 0.404 e. The van der Waals surface area contributed by atoms with Crippen LogP contribution in [0.25, 0.3) is 0 Å².